The topological polar surface area (TPSA) is 24.9 Å². The van der Waals surface area contributed by atoms with Gasteiger partial charge in [-0.2, -0.15) is 0 Å². The first kappa shape index (κ1) is 25.1. The zero-order chi connectivity index (χ0) is 22.6. The molecule has 0 spiro atoms. The lowest BCUT2D eigenvalue weighted by atomic mass is 9.99. The molecule has 1 aromatic rings. The highest BCUT2D eigenvalue weighted by Gasteiger charge is 2.17. The normalized spacial score (nSPS) is 15.5. The molecule has 1 aliphatic heterocycles. The molecule has 0 aromatic heterocycles. The lowest BCUT2D eigenvalue weighted by molar-refractivity contribution is 0.160. The van der Waals surface area contributed by atoms with Crippen molar-refractivity contribution in [2.75, 3.05) is 46.9 Å². The third-order valence-electron chi connectivity index (χ3n) is 5.88. The third kappa shape index (κ3) is 7.17. The van der Waals surface area contributed by atoms with Crippen molar-refractivity contribution < 1.29 is 9.47 Å². The van der Waals surface area contributed by atoms with Crippen LogP contribution in [0, 0.1) is 0 Å². The van der Waals surface area contributed by atoms with Gasteiger partial charge in [-0.1, -0.05) is 52.3 Å². The van der Waals surface area contributed by atoms with Crippen molar-refractivity contribution in [1.29, 1.82) is 0 Å². The van der Waals surface area contributed by atoms with Crippen molar-refractivity contribution in [1.82, 2.24) is 9.80 Å². The number of benzene rings is 1. The first-order valence-electron chi connectivity index (χ1n) is 11.9. The summed E-state index contributed by atoms with van der Waals surface area (Å²) in [5, 5.41) is 0. The predicted molar refractivity (Wildman–Crippen MR) is 133 cm³/mol. The average Bonchev–Trinajstić information content (AvgIpc) is 2.80. The van der Waals surface area contributed by atoms with Gasteiger partial charge in [0, 0.05) is 31.9 Å². The molecule has 31 heavy (non-hydrogen) atoms. The zero-order valence-corrected chi connectivity index (χ0v) is 20.4. The van der Waals surface area contributed by atoms with Gasteiger partial charge >= 0.3 is 0 Å². The Balaban J connectivity index is 2.14. The van der Waals surface area contributed by atoms with Crippen LogP contribution in [0.2, 0.25) is 0 Å². The maximum absolute atomic E-state index is 5.60. The van der Waals surface area contributed by atoms with Gasteiger partial charge in [0.15, 0.2) is 11.5 Å². The van der Waals surface area contributed by atoms with E-state index in [0.717, 1.165) is 68.1 Å². The lowest BCUT2D eigenvalue weighted by Gasteiger charge is -2.36. The molecule has 0 unspecified atom stereocenters. The van der Waals surface area contributed by atoms with Gasteiger partial charge in [0.1, 0.15) is 0 Å². The Morgan fingerprint density at radius 1 is 1.00 bits per heavy atom. The fourth-order valence-electron chi connectivity index (χ4n) is 4.09. The molecule has 4 nitrogen and oxygen atoms in total. The maximum Gasteiger partial charge on any atom is 0.163 e. The van der Waals surface area contributed by atoms with Crippen LogP contribution in [-0.2, 0) is 6.42 Å². The fraction of sp³-hybridized carbons (Fsp3) is 0.556. The minimum atomic E-state index is 0.769. The Bertz CT molecular complexity index is 759. The summed E-state index contributed by atoms with van der Waals surface area (Å²) in [6.07, 6.45) is 12.3. The van der Waals surface area contributed by atoms with Gasteiger partial charge in [-0.05, 0) is 60.7 Å². The first-order valence-corrected chi connectivity index (χ1v) is 11.9. The summed E-state index contributed by atoms with van der Waals surface area (Å²) < 4.78 is 11.2. The second-order valence-corrected chi connectivity index (χ2v) is 8.20. The van der Waals surface area contributed by atoms with E-state index < -0.39 is 0 Å². The largest absolute Gasteiger partial charge is 0.493 e. The number of nitrogens with zero attached hydrogens (tertiary/aromatic N) is 2. The fourth-order valence-corrected chi connectivity index (χ4v) is 4.09. The van der Waals surface area contributed by atoms with E-state index in [0.29, 0.717) is 0 Å². The van der Waals surface area contributed by atoms with Crippen LogP contribution in [0.3, 0.4) is 0 Å². The molecule has 4 heteroatoms. The molecule has 1 aromatic carbocycles. The highest BCUT2D eigenvalue weighted by Crippen LogP contribution is 2.35. The molecule has 0 aliphatic carbocycles. The molecule has 0 atom stereocenters. The number of unbranched alkanes of at least 4 members (excludes halogenated alkanes) is 1. The summed E-state index contributed by atoms with van der Waals surface area (Å²) in [6.45, 7) is 16.7. The van der Waals surface area contributed by atoms with Gasteiger partial charge in [-0.25, -0.2) is 0 Å². The van der Waals surface area contributed by atoms with E-state index in [-0.39, 0.29) is 0 Å². The van der Waals surface area contributed by atoms with Gasteiger partial charge < -0.3 is 14.4 Å². The number of hydrogen-bond acceptors (Lipinski definition) is 4. The standard InChI is InChI=1S/C27H42N2O2/c1-7-10-15-28-16-18-29(19-17-28)25(12-9-3)14-13-22(4)24-20-23(11-8-2)27(31-6)26(21-24)30-5/h12-14,20-21H,4,7-11,15-19H2,1-3,5-6H3/b14-13-,25-12+. The molecule has 1 fully saturated rings. The Morgan fingerprint density at radius 3 is 2.32 bits per heavy atom. The van der Waals surface area contributed by atoms with Crippen LogP contribution in [0.4, 0.5) is 0 Å². The monoisotopic (exact) mass is 426 g/mol. The van der Waals surface area contributed by atoms with E-state index in [9.17, 15) is 0 Å². The summed E-state index contributed by atoms with van der Waals surface area (Å²) in [7, 11) is 3.40. The van der Waals surface area contributed by atoms with Crippen LogP contribution in [0.15, 0.2) is 42.6 Å². The molecule has 1 saturated heterocycles. The van der Waals surface area contributed by atoms with E-state index in [1.165, 1.54) is 30.6 Å². The smallest absolute Gasteiger partial charge is 0.163 e. The summed E-state index contributed by atoms with van der Waals surface area (Å²) in [5.41, 5.74) is 4.54. The molecule has 0 bridgehead atoms. The number of methoxy groups -OCH3 is 2. The summed E-state index contributed by atoms with van der Waals surface area (Å²) in [6, 6.07) is 4.22. The summed E-state index contributed by atoms with van der Waals surface area (Å²) in [4.78, 5) is 5.10. The molecular formula is C27H42N2O2. The maximum atomic E-state index is 5.60. The van der Waals surface area contributed by atoms with Crippen LogP contribution >= 0.6 is 0 Å². The second kappa shape index (κ2) is 13.3. The van der Waals surface area contributed by atoms with Crippen LogP contribution < -0.4 is 9.47 Å². The minimum Gasteiger partial charge on any atom is -0.493 e. The van der Waals surface area contributed by atoms with E-state index >= 15 is 0 Å². The van der Waals surface area contributed by atoms with Crippen LogP contribution in [0.1, 0.15) is 57.6 Å². The molecule has 0 amide bonds. The van der Waals surface area contributed by atoms with Gasteiger partial charge in [0.25, 0.3) is 0 Å². The number of allylic oxidation sites excluding steroid dienone is 4. The van der Waals surface area contributed by atoms with E-state index in [2.05, 4.69) is 61.4 Å². The molecular weight excluding hydrogens is 384 g/mol. The number of rotatable bonds is 12. The molecule has 0 saturated carbocycles. The van der Waals surface area contributed by atoms with Gasteiger partial charge in [-0.15, -0.1) is 0 Å². The van der Waals surface area contributed by atoms with Crippen LogP contribution in [0.25, 0.3) is 5.57 Å². The Morgan fingerprint density at radius 2 is 1.74 bits per heavy atom. The summed E-state index contributed by atoms with van der Waals surface area (Å²) >= 11 is 0. The Kier molecular flexibility index (Phi) is 10.7. The predicted octanol–water partition coefficient (Wildman–Crippen LogP) is 5.94. The Labute approximate surface area is 190 Å². The van der Waals surface area contributed by atoms with Crippen molar-refractivity contribution >= 4 is 5.57 Å². The molecule has 1 aliphatic rings. The second-order valence-electron chi connectivity index (χ2n) is 8.20. The van der Waals surface area contributed by atoms with Crippen molar-refractivity contribution in [3.8, 4) is 11.5 Å². The van der Waals surface area contributed by atoms with Gasteiger partial charge in [-0.3, -0.25) is 4.90 Å². The number of hydrogen-bond donors (Lipinski definition) is 0. The van der Waals surface area contributed by atoms with Crippen LogP contribution in [-0.4, -0.2) is 56.7 Å². The molecule has 2 rings (SSSR count). The van der Waals surface area contributed by atoms with E-state index in [1.54, 1.807) is 14.2 Å². The quantitative estimate of drug-likeness (QED) is 0.386. The number of ether oxygens (including phenoxy) is 2. The molecule has 0 N–H and O–H groups in total. The molecule has 0 radical (unpaired) electrons. The Hall–Kier alpha value is -2.20. The number of aryl methyl sites for hydroxylation is 1. The zero-order valence-electron chi connectivity index (χ0n) is 20.4. The highest BCUT2D eigenvalue weighted by atomic mass is 16.5. The summed E-state index contributed by atoms with van der Waals surface area (Å²) in [5.74, 6) is 1.60. The third-order valence-corrected chi connectivity index (χ3v) is 5.88. The SMILES string of the molecule is C=C(/C=C\C(=C/CC)N1CCN(CCCC)CC1)c1cc(CCC)c(OC)c(OC)c1. The van der Waals surface area contributed by atoms with Crippen molar-refractivity contribution in [2.45, 2.75) is 52.9 Å². The molecule has 172 valence electrons. The van der Waals surface area contributed by atoms with E-state index in [1.807, 2.05) is 6.07 Å². The van der Waals surface area contributed by atoms with E-state index in [4.69, 9.17) is 9.47 Å². The minimum absolute atomic E-state index is 0.769. The van der Waals surface area contributed by atoms with Crippen molar-refractivity contribution in [2.24, 2.45) is 0 Å². The van der Waals surface area contributed by atoms with Gasteiger partial charge in [0.05, 0.1) is 14.2 Å². The van der Waals surface area contributed by atoms with Crippen molar-refractivity contribution in [3.63, 3.8) is 0 Å². The first-order chi connectivity index (χ1) is 15.1. The lowest BCUT2D eigenvalue weighted by Crippen LogP contribution is -2.45. The number of piperazine rings is 1. The molecule has 1 heterocycles. The van der Waals surface area contributed by atoms with Crippen LogP contribution in [0.5, 0.6) is 11.5 Å². The van der Waals surface area contributed by atoms with Crippen molar-refractivity contribution in [3.05, 3.63) is 53.8 Å². The highest BCUT2D eigenvalue weighted by molar-refractivity contribution is 5.75. The van der Waals surface area contributed by atoms with Gasteiger partial charge in [0.2, 0.25) is 0 Å². The average molecular weight is 427 g/mol.